The fourth-order valence-electron chi connectivity index (χ4n) is 2.92. The van der Waals surface area contributed by atoms with Crippen molar-refractivity contribution >= 4 is 35.6 Å². The molecule has 3 rings (SSSR count). The van der Waals surface area contributed by atoms with Gasteiger partial charge in [0.15, 0.2) is 11.5 Å². The Balaban J connectivity index is 1.83. The zero-order valence-electron chi connectivity index (χ0n) is 17.7. The van der Waals surface area contributed by atoms with Gasteiger partial charge in [-0.1, -0.05) is 18.5 Å². The van der Waals surface area contributed by atoms with E-state index in [2.05, 4.69) is 20.6 Å². The van der Waals surface area contributed by atoms with Crippen molar-refractivity contribution in [1.82, 2.24) is 5.32 Å². The minimum absolute atomic E-state index is 0.312. The number of hydrogen-bond acceptors (Lipinski definition) is 6. The number of hydrogen-bond donors (Lipinski definition) is 2. The second-order valence-electron chi connectivity index (χ2n) is 6.61. The summed E-state index contributed by atoms with van der Waals surface area (Å²) in [5, 5.41) is 5.79. The lowest BCUT2D eigenvalue weighted by Crippen LogP contribution is -2.29. The van der Waals surface area contributed by atoms with Crippen LogP contribution < -0.4 is 24.8 Å². The van der Waals surface area contributed by atoms with Crippen LogP contribution in [-0.4, -0.2) is 38.5 Å². The summed E-state index contributed by atoms with van der Waals surface area (Å²) in [6.45, 7) is 5.43. The van der Waals surface area contributed by atoms with Crippen LogP contribution in [0.4, 0.5) is 10.5 Å². The molecule has 0 fully saturated rings. The van der Waals surface area contributed by atoms with Gasteiger partial charge >= 0.3 is 6.03 Å². The number of carbonyl (C=O) groups excluding carboxylic acids is 1. The maximum absolute atomic E-state index is 11.9. The highest BCUT2D eigenvalue weighted by Crippen LogP contribution is 2.33. The molecule has 8 nitrogen and oxygen atoms in total. The predicted octanol–water partition coefficient (Wildman–Crippen LogP) is 4.65. The maximum atomic E-state index is 11.9. The Morgan fingerprint density at radius 3 is 2.74 bits per heavy atom. The van der Waals surface area contributed by atoms with Gasteiger partial charge in [-0.2, -0.15) is 0 Å². The second-order valence-corrected chi connectivity index (χ2v) is 7.02. The number of benzene rings is 2. The van der Waals surface area contributed by atoms with Crippen LogP contribution >= 0.6 is 11.6 Å². The molecule has 0 aliphatic carbocycles. The topological polar surface area (TPSA) is 93.5 Å². The molecule has 2 aromatic rings. The van der Waals surface area contributed by atoms with Crippen molar-refractivity contribution in [3.63, 3.8) is 0 Å². The van der Waals surface area contributed by atoms with Crippen LogP contribution in [0.2, 0.25) is 5.02 Å². The summed E-state index contributed by atoms with van der Waals surface area (Å²) in [5.74, 6) is 2.04. The number of carbonyl (C=O) groups is 1. The third-order valence-electron chi connectivity index (χ3n) is 4.38. The number of amides is 2. The summed E-state index contributed by atoms with van der Waals surface area (Å²) < 4.78 is 17.1. The van der Waals surface area contributed by atoms with Crippen LogP contribution in [0.3, 0.4) is 0 Å². The molecule has 164 valence electrons. The van der Waals surface area contributed by atoms with Crippen molar-refractivity contribution in [1.29, 1.82) is 0 Å². The van der Waals surface area contributed by atoms with Crippen molar-refractivity contribution in [2.24, 2.45) is 9.98 Å². The van der Waals surface area contributed by atoms with Gasteiger partial charge in [-0.3, -0.25) is 4.99 Å². The highest BCUT2D eigenvalue weighted by molar-refractivity contribution is 6.33. The first-order valence-electron chi connectivity index (χ1n) is 9.98. The van der Waals surface area contributed by atoms with Gasteiger partial charge < -0.3 is 24.8 Å². The molecular formula is C22H25ClN4O4. The van der Waals surface area contributed by atoms with Crippen molar-refractivity contribution in [2.45, 2.75) is 26.8 Å². The number of ether oxygens (including phenoxy) is 3. The first-order chi connectivity index (χ1) is 15.0. The van der Waals surface area contributed by atoms with Gasteiger partial charge in [-0.05, 0) is 43.2 Å². The molecule has 1 aliphatic heterocycles. The van der Waals surface area contributed by atoms with Gasteiger partial charge in [-0.25, -0.2) is 9.79 Å². The van der Waals surface area contributed by atoms with E-state index >= 15 is 0 Å². The normalized spacial score (nSPS) is 12.3. The molecular weight excluding hydrogens is 420 g/mol. The molecule has 1 heterocycles. The van der Waals surface area contributed by atoms with Crippen molar-refractivity contribution in [3.05, 3.63) is 46.5 Å². The molecule has 0 saturated carbocycles. The molecule has 2 N–H and O–H groups in total. The second kappa shape index (κ2) is 10.7. The Bertz CT molecular complexity index is 1010. The zero-order valence-corrected chi connectivity index (χ0v) is 18.5. The Morgan fingerprint density at radius 1 is 1.19 bits per heavy atom. The van der Waals surface area contributed by atoms with Crippen LogP contribution in [0.1, 0.15) is 31.4 Å². The van der Waals surface area contributed by atoms with Crippen molar-refractivity contribution in [3.8, 4) is 17.2 Å². The van der Waals surface area contributed by atoms with E-state index < -0.39 is 0 Å². The smallest absolute Gasteiger partial charge is 0.319 e. The molecule has 0 aromatic heterocycles. The lowest BCUT2D eigenvalue weighted by Gasteiger charge is -2.16. The standard InChI is InChI=1S/C22H25ClN4O4/c1-4-8-25-22(28)27-18-7-6-15(10-17(18)23)31-21-16-11-19(29-3)20(30-5-2)9-14(16)12-24-13-26-21/h6-7,9-11,13H,4-5,8,12H2,1-3H3,(H2,25,27,28). The van der Waals surface area contributed by atoms with Crippen molar-refractivity contribution < 1.29 is 19.0 Å². The third kappa shape index (κ3) is 5.67. The van der Waals surface area contributed by atoms with Crippen LogP contribution in [0.5, 0.6) is 17.2 Å². The number of urea groups is 1. The number of nitrogens with one attached hydrogen (secondary N) is 2. The molecule has 0 saturated heterocycles. The summed E-state index contributed by atoms with van der Waals surface area (Å²) >= 11 is 6.34. The number of methoxy groups -OCH3 is 1. The molecule has 31 heavy (non-hydrogen) atoms. The summed E-state index contributed by atoms with van der Waals surface area (Å²) in [5.41, 5.74) is 2.12. The fraction of sp³-hybridized carbons (Fsp3) is 0.318. The molecule has 0 spiro atoms. The average Bonchev–Trinajstić information content (AvgIpc) is 2.95. The number of anilines is 1. The van der Waals surface area contributed by atoms with E-state index in [1.807, 2.05) is 26.0 Å². The van der Waals surface area contributed by atoms with Gasteiger partial charge in [0.2, 0.25) is 5.90 Å². The lowest BCUT2D eigenvalue weighted by atomic mass is 10.1. The molecule has 0 radical (unpaired) electrons. The van der Waals surface area contributed by atoms with E-state index in [9.17, 15) is 4.79 Å². The third-order valence-corrected chi connectivity index (χ3v) is 4.69. The van der Waals surface area contributed by atoms with Gasteiger partial charge in [-0.15, -0.1) is 0 Å². The van der Waals surface area contributed by atoms with Crippen LogP contribution in [-0.2, 0) is 6.54 Å². The quantitative estimate of drug-likeness (QED) is 0.650. The SMILES string of the molecule is CCCNC(=O)Nc1ccc(OC2=NC=NCc3cc(OCC)c(OC)cc32)cc1Cl. The molecule has 0 bridgehead atoms. The molecule has 1 aliphatic rings. The summed E-state index contributed by atoms with van der Waals surface area (Å²) in [6.07, 6.45) is 2.30. The molecule has 2 aromatic carbocycles. The first-order valence-corrected chi connectivity index (χ1v) is 10.4. The maximum Gasteiger partial charge on any atom is 0.319 e. The highest BCUT2D eigenvalue weighted by Gasteiger charge is 2.19. The number of aliphatic imine (C=N–C) groups is 2. The number of halogens is 1. The largest absolute Gasteiger partial charge is 0.493 e. The summed E-state index contributed by atoms with van der Waals surface area (Å²) in [4.78, 5) is 20.5. The minimum Gasteiger partial charge on any atom is -0.493 e. The molecule has 2 amide bonds. The van der Waals surface area contributed by atoms with Gasteiger partial charge in [0.1, 0.15) is 12.1 Å². The van der Waals surface area contributed by atoms with Crippen LogP contribution in [0.25, 0.3) is 0 Å². The van der Waals surface area contributed by atoms with E-state index in [4.69, 9.17) is 25.8 Å². The molecule has 9 heteroatoms. The van der Waals surface area contributed by atoms with E-state index in [0.29, 0.717) is 53.6 Å². The average molecular weight is 445 g/mol. The number of rotatable bonds is 7. The Kier molecular flexibility index (Phi) is 7.72. The number of fused-ring (bicyclic) bond motifs is 1. The predicted molar refractivity (Wildman–Crippen MR) is 122 cm³/mol. The summed E-state index contributed by atoms with van der Waals surface area (Å²) in [6, 6.07) is 8.39. The Hall–Kier alpha value is -3.26. The van der Waals surface area contributed by atoms with E-state index in [-0.39, 0.29) is 6.03 Å². The van der Waals surface area contributed by atoms with Crippen LogP contribution in [0, 0.1) is 0 Å². The Labute approximate surface area is 186 Å². The van der Waals surface area contributed by atoms with E-state index in [1.54, 1.807) is 25.3 Å². The summed E-state index contributed by atoms with van der Waals surface area (Å²) in [7, 11) is 1.58. The van der Waals surface area contributed by atoms with Crippen molar-refractivity contribution in [2.75, 3.05) is 25.6 Å². The molecule has 0 unspecified atom stereocenters. The first kappa shape index (κ1) is 22.4. The number of nitrogens with zero attached hydrogens (tertiary/aromatic N) is 2. The monoisotopic (exact) mass is 444 g/mol. The van der Waals surface area contributed by atoms with Gasteiger partial charge in [0.25, 0.3) is 0 Å². The van der Waals surface area contributed by atoms with E-state index in [1.165, 1.54) is 6.34 Å². The van der Waals surface area contributed by atoms with E-state index in [0.717, 1.165) is 17.5 Å². The van der Waals surface area contributed by atoms with Crippen LogP contribution in [0.15, 0.2) is 40.3 Å². The highest BCUT2D eigenvalue weighted by atomic mass is 35.5. The molecule has 0 atom stereocenters. The minimum atomic E-state index is -0.312. The Morgan fingerprint density at radius 2 is 2.03 bits per heavy atom. The van der Waals surface area contributed by atoms with Gasteiger partial charge in [0, 0.05) is 18.2 Å². The fourth-order valence-corrected chi connectivity index (χ4v) is 3.14. The zero-order chi connectivity index (χ0) is 22.2. The van der Waals surface area contributed by atoms with Gasteiger partial charge in [0.05, 0.1) is 31.0 Å². The lowest BCUT2D eigenvalue weighted by molar-refractivity contribution is 0.252.